The number of para-hydroxylation sites is 2. The molecule has 0 saturated heterocycles. The molecule has 6 nitrogen and oxygen atoms in total. The molecule has 1 aromatic carbocycles. The van der Waals surface area contributed by atoms with E-state index >= 15 is 0 Å². The molecule has 0 aliphatic rings. The molecule has 1 heterocycles. The third kappa shape index (κ3) is 5.44. The van der Waals surface area contributed by atoms with Gasteiger partial charge in [-0.3, -0.25) is 4.79 Å². The molecule has 0 aliphatic heterocycles. The summed E-state index contributed by atoms with van der Waals surface area (Å²) in [6.07, 6.45) is 1.92. The highest BCUT2D eigenvalue weighted by molar-refractivity contribution is 5.92. The van der Waals surface area contributed by atoms with Crippen molar-refractivity contribution < 1.29 is 9.53 Å². The maximum Gasteiger partial charge on any atom is 0.274 e. The molecular weight excluding hydrogens is 328 g/mol. The van der Waals surface area contributed by atoms with Crippen LogP contribution in [0.3, 0.4) is 0 Å². The van der Waals surface area contributed by atoms with Crippen LogP contribution < -0.4 is 10.1 Å². The second-order valence-corrected chi connectivity index (χ2v) is 6.38. The molecule has 0 fully saturated rings. The molecule has 0 atom stereocenters. The largest absolute Gasteiger partial charge is 0.489 e. The van der Waals surface area contributed by atoms with Gasteiger partial charge >= 0.3 is 0 Å². The molecule has 26 heavy (non-hydrogen) atoms. The summed E-state index contributed by atoms with van der Waals surface area (Å²) in [4.78, 5) is 14.4. The molecule has 0 saturated carbocycles. The minimum absolute atomic E-state index is 0.0729. The normalized spacial score (nSPS) is 10.7. The number of hydrogen-bond donors (Lipinski definition) is 1. The van der Waals surface area contributed by atoms with Gasteiger partial charge in [-0.1, -0.05) is 26.0 Å². The summed E-state index contributed by atoms with van der Waals surface area (Å²) < 4.78 is 5.79. The molecule has 0 aliphatic carbocycles. The van der Waals surface area contributed by atoms with Crippen LogP contribution >= 0.6 is 0 Å². The highest BCUT2D eigenvalue weighted by Crippen LogP contribution is 2.27. The van der Waals surface area contributed by atoms with E-state index < -0.39 is 0 Å². The molecule has 0 spiro atoms. The lowest BCUT2D eigenvalue weighted by Gasteiger charge is -2.20. The van der Waals surface area contributed by atoms with E-state index in [0.717, 1.165) is 37.4 Å². The van der Waals surface area contributed by atoms with Gasteiger partial charge in [-0.25, -0.2) is 0 Å². The zero-order chi connectivity index (χ0) is 18.9. The van der Waals surface area contributed by atoms with Gasteiger partial charge in [-0.15, -0.1) is 10.2 Å². The van der Waals surface area contributed by atoms with Crippen LogP contribution in [-0.2, 0) is 0 Å². The lowest BCUT2D eigenvalue weighted by molar-refractivity contribution is 0.0748. The monoisotopic (exact) mass is 356 g/mol. The summed E-state index contributed by atoms with van der Waals surface area (Å²) in [5.74, 6) is 1.25. The number of benzene rings is 1. The van der Waals surface area contributed by atoms with E-state index in [9.17, 15) is 4.79 Å². The first kappa shape index (κ1) is 19.7. The van der Waals surface area contributed by atoms with Crippen molar-refractivity contribution >= 4 is 17.4 Å². The molecule has 1 amide bonds. The van der Waals surface area contributed by atoms with Crippen LogP contribution in [0.25, 0.3) is 0 Å². The first-order chi connectivity index (χ1) is 12.5. The van der Waals surface area contributed by atoms with Crippen LogP contribution in [0, 0.1) is 0 Å². The fourth-order valence-electron chi connectivity index (χ4n) is 2.59. The smallest absolute Gasteiger partial charge is 0.274 e. The van der Waals surface area contributed by atoms with E-state index in [2.05, 4.69) is 29.4 Å². The van der Waals surface area contributed by atoms with Crippen molar-refractivity contribution in [2.75, 3.05) is 18.4 Å². The van der Waals surface area contributed by atoms with Crippen molar-refractivity contribution in [3.8, 4) is 5.75 Å². The van der Waals surface area contributed by atoms with Crippen molar-refractivity contribution in [1.29, 1.82) is 0 Å². The van der Waals surface area contributed by atoms with E-state index in [1.165, 1.54) is 0 Å². The van der Waals surface area contributed by atoms with Crippen molar-refractivity contribution in [1.82, 2.24) is 15.1 Å². The summed E-state index contributed by atoms with van der Waals surface area (Å²) in [6.45, 7) is 9.55. The summed E-state index contributed by atoms with van der Waals surface area (Å²) in [6, 6.07) is 11.1. The van der Waals surface area contributed by atoms with Gasteiger partial charge in [0.25, 0.3) is 5.91 Å². The highest BCUT2D eigenvalue weighted by atomic mass is 16.5. The number of nitrogens with zero attached hydrogens (tertiary/aromatic N) is 3. The Balaban J connectivity index is 2.11. The molecule has 0 radical (unpaired) electrons. The van der Waals surface area contributed by atoms with E-state index in [1.54, 1.807) is 12.1 Å². The van der Waals surface area contributed by atoms with E-state index in [1.807, 2.05) is 43.0 Å². The molecule has 2 rings (SSSR count). The third-order valence-electron chi connectivity index (χ3n) is 3.67. The van der Waals surface area contributed by atoms with Gasteiger partial charge in [0.05, 0.1) is 11.8 Å². The van der Waals surface area contributed by atoms with E-state index in [-0.39, 0.29) is 12.0 Å². The topological polar surface area (TPSA) is 67.4 Å². The zero-order valence-corrected chi connectivity index (χ0v) is 16.0. The molecular formula is C20H28N4O2. The van der Waals surface area contributed by atoms with Crippen LogP contribution in [0.2, 0.25) is 0 Å². The molecule has 1 N–H and O–H groups in total. The minimum Gasteiger partial charge on any atom is -0.489 e. The number of anilines is 2. The molecule has 6 heteroatoms. The maximum atomic E-state index is 12.6. The first-order valence-electron chi connectivity index (χ1n) is 9.20. The highest BCUT2D eigenvalue weighted by Gasteiger charge is 2.16. The van der Waals surface area contributed by atoms with Gasteiger partial charge in [0.2, 0.25) is 0 Å². The van der Waals surface area contributed by atoms with Crippen molar-refractivity contribution in [2.45, 2.75) is 46.6 Å². The Bertz CT molecular complexity index is 695. The van der Waals surface area contributed by atoms with Gasteiger partial charge in [0.1, 0.15) is 5.75 Å². The molecule has 1 aromatic heterocycles. The van der Waals surface area contributed by atoms with E-state index in [4.69, 9.17) is 4.74 Å². The number of aromatic nitrogens is 2. The van der Waals surface area contributed by atoms with Crippen molar-refractivity contribution in [3.05, 3.63) is 42.1 Å². The molecule has 0 bridgehead atoms. The number of ether oxygens (including phenoxy) is 1. The molecule has 140 valence electrons. The predicted molar refractivity (Wildman–Crippen MR) is 104 cm³/mol. The van der Waals surface area contributed by atoms with Gasteiger partial charge in [0, 0.05) is 13.1 Å². The Morgan fingerprint density at radius 3 is 2.35 bits per heavy atom. The van der Waals surface area contributed by atoms with Gasteiger partial charge in [-0.2, -0.15) is 0 Å². The number of carbonyl (C=O) groups excluding carboxylic acids is 1. The second kappa shape index (κ2) is 9.75. The Morgan fingerprint density at radius 1 is 1.08 bits per heavy atom. The number of nitrogens with one attached hydrogen (secondary N) is 1. The lowest BCUT2D eigenvalue weighted by atomic mass is 10.2. The Labute approximate surface area is 155 Å². The van der Waals surface area contributed by atoms with Crippen LogP contribution in [0.4, 0.5) is 11.5 Å². The third-order valence-corrected chi connectivity index (χ3v) is 3.67. The first-order valence-corrected chi connectivity index (χ1v) is 9.20. The van der Waals surface area contributed by atoms with Crippen molar-refractivity contribution in [2.24, 2.45) is 0 Å². The number of rotatable bonds is 9. The average molecular weight is 356 g/mol. The fraction of sp³-hybridized carbons (Fsp3) is 0.450. The number of amides is 1. The summed E-state index contributed by atoms with van der Waals surface area (Å²) >= 11 is 0. The summed E-state index contributed by atoms with van der Waals surface area (Å²) in [5.41, 5.74) is 1.18. The average Bonchev–Trinajstić information content (AvgIpc) is 2.63. The Kier molecular flexibility index (Phi) is 7.38. The Morgan fingerprint density at radius 2 is 1.77 bits per heavy atom. The standard InChI is InChI=1S/C20H28N4O2/c1-5-13-24(14-6-2)20(25)17-11-12-19(23-22-17)21-16-9-7-8-10-18(16)26-15(3)4/h7-12,15H,5-6,13-14H2,1-4H3,(H,21,23). The predicted octanol–water partition coefficient (Wildman–Crippen LogP) is 4.27. The number of carbonyl (C=O) groups is 1. The van der Waals surface area contributed by atoms with Gasteiger partial charge in [0.15, 0.2) is 11.5 Å². The lowest BCUT2D eigenvalue weighted by Crippen LogP contribution is -2.33. The van der Waals surface area contributed by atoms with Gasteiger partial charge in [-0.05, 0) is 51.0 Å². The van der Waals surface area contributed by atoms with Crippen LogP contribution in [0.1, 0.15) is 51.0 Å². The maximum absolute atomic E-state index is 12.6. The van der Waals surface area contributed by atoms with Crippen molar-refractivity contribution in [3.63, 3.8) is 0 Å². The summed E-state index contributed by atoms with van der Waals surface area (Å²) in [7, 11) is 0. The van der Waals surface area contributed by atoms with Crippen LogP contribution in [0.5, 0.6) is 5.75 Å². The SMILES string of the molecule is CCCN(CCC)C(=O)c1ccc(Nc2ccccc2OC(C)C)nn1. The summed E-state index contributed by atoms with van der Waals surface area (Å²) in [5, 5.41) is 11.5. The minimum atomic E-state index is -0.0729. The molecule has 0 unspecified atom stereocenters. The quantitative estimate of drug-likeness (QED) is 0.727. The number of hydrogen-bond acceptors (Lipinski definition) is 5. The molecule has 2 aromatic rings. The van der Waals surface area contributed by atoms with Crippen LogP contribution in [0.15, 0.2) is 36.4 Å². The fourth-order valence-corrected chi connectivity index (χ4v) is 2.59. The van der Waals surface area contributed by atoms with Gasteiger partial charge < -0.3 is 15.0 Å². The van der Waals surface area contributed by atoms with Crippen LogP contribution in [-0.4, -0.2) is 40.2 Å². The zero-order valence-electron chi connectivity index (χ0n) is 16.0. The Hall–Kier alpha value is -2.63. The second-order valence-electron chi connectivity index (χ2n) is 6.38. The van der Waals surface area contributed by atoms with E-state index in [0.29, 0.717) is 11.5 Å².